The Labute approximate surface area is 62.7 Å². The van der Waals surface area contributed by atoms with Crippen molar-refractivity contribution in [2.75, 3.05) is 14.2 Å². The van der Waals surface area contributed by atoms with Crippen molar-refractivity contribution >= 4 is 0 Å². The second kappa shape index (κ2) is 2.57. The molecule has 0 aliphatic heterocycles. The molecule has 1 aromatic heterocycles. The largest absolute Gasteiger partial charge is 0.708 e. The molecule has 1 heterocycles. The normalized spacial score (nSPS) is 9.64. The number of rotatable bonds is 2. The summed E-state index contributed by atoms with van der Waals surface area (Å²) >= 11 is 0. The molecule has 1 aromatic rings. The van der Waals surface area contributed by atoms with E-state index < -0.39 is 0 Å². The summed E-state index contributed by atoms with van der Waals surface area (Å²) in [5.74, 6) is -0.0862. The second-order valence-corrected chi connectivity index (χ2v) is 1.78. The van der Waals surface area contributed by atoms with Crippen molar-refractivity contribution in [1.82, 2.24) is 4.73 Å². The highest BCUT2D eigenvalue weighted by Crippen LogP contribution is 2.14. The van der Waals surface area contributed by atoms with Crippen LogP contribution in [0.25, 0.3) is 0 Å². The van der Waals surface area contributed by atoms with E-state index in [1.165, 1.54) is 14.2 Å². The zero-order chi connectivity index (χ0) is 8.43. The van der Waals surface area contributed by atoms with Crippen molar-refractivity contribution in [3.8, 4) is 11.9 Å². The molecule has 0 aromatic carbocycles. The average molecular weight is 159 g/mol. The van der Waals surface area contributed by atoms with Crippen LogP contribution in [0.5, 0.6) is 11.9 Å². The van der Waals surface area contributed by atoms with Gasteiger partial charge in [0, 0.05) is 0 Å². The summed E-state index contributed by atoms with van der Waals surface area (Å²) < 4.78 is 9.61. The molecule has 0 unspecified atom stereocenters. The highest BCUT2D eigenvalue weighted by atomic mass is 16.6. The van der Waals surface area contributed by atoms with Crippen LogP contribution in [0.3, 0.4) is 0 Å². The van der Waals surface area contributed by atoms with Crippen molar-refractivity contribution in [3.63, 3.8) is 0 Å². The number of hydrogen-bond acceptors (Lipinski definition) is 4. The van der Waals surface area contributed by atoms with Gasteiger partial charge in [-0.3, -0.25) is 0 Å². The molecule has 0 radical (unpaired) electrons. The molecule has 0 spiro atoms. The molecule has 0 amide bonds. The Morgan fingerprint density at radius 1 is 1.45 bits per heavy atom. The monoisotopic (exact) mass is 159 g/mol. The molecule has 6 heteroatoms. The molecule has 0 saturated heterocycles. The Hall–Kier alpha value is -1.59. The zero-order valence-corrected chi connectivity index (χ0v) is 6.10. The Bertz CT molecular complexity index is 257. The Kier molecular flexibility index (Phi) is 1.75. The van der Waals surface area contributed by atoms with Gasteiger partial charge < -0.3 is 19.9 Å². The van der Waals surface area contributed by atoms with Gasteiger partial charge in [-0.15, -0.1) is 0 Å². The lowest BCUT2D eigenvalue weighted by Gasteiger charge is -2.03. The van der Waals surface area contributed by atoms with E-state index in [-0.39, 0.29) is 16.6 Å². The number of aromatic nitrogens is 2. The highest BCUT2D eigenvalue weighted by Gasteiger charge is 2.15. The first-order chi connectivity index (χ1) is 5.20. The molecule has 1 rings (SSSR count). The summed E-state index contributed by atoms with van der Waals surface area (Å²) in [5.41, 5.74) is 0. The molecule has 6 nitrogen and oxygen atoms in total. The van der Waals surface area contributed by atoms with Gasteiger partial charge in [0.2, 0.25) is 0 Å². The van der Waals surface area contributed by atoms with Gasteiger partial charge in [0.15, 0.2) is 6.20 Å². The maximum Gasteiger partial charge on any atom is 0.465 e. The van der Waals surface area contributed by atoms with Crippen molar-refractivity contribution in [3.05, 3.63) is 16.6 Å². The van der Waals surface area contributed by atoms with Crippen LogP contribution in [0, 0.1) is 10.4 Å². The number of methoxy groups -OCH3 is 2. The molecule has 0 aliphatic rings. The minimum Gasteiger partial charge on any atom is -0.708 e. The number of nitrogens with zero attached hydrogens (tertiary/aromatic N) is 2. The van der Waals surface area contributed by atoms with E-state index in [0.29, 0.717) is 4.73 Å². The number of hydrogen-bond donors (Lipinski definition) is 0. The minimum absolute atomic E-state index is 0.0862. The fraction of sp³-hybridized carbons (Fsp3) is 0.400. The van der Waals surface area contributed by atoms with Gasteiger partial charge in [0.1, 0.15) is 0 Å². The fourth-order valence-corrected chi connectivity index (χ4v) is 0.700. The first-order valence-corrected chi connectivity index (χ1v) is 2.81. The predicted octanol–water partition coefficient (Wildman–Crippen LogP) is -0.515. The van der Waals surface area contributed by atoms with Crippen LogP contribution in [0.4, 0.5) is 0 Å². The molecule has 0 saturated carbocycles. The van der Waals surface area contributed by atoms with Gasteiger partial charge in [0.25, 0.3) is 0 Å². The van der Waals surface area contributed by atoms with Gasteiger partial charge in [-0.05, 0) is 0 Å². The summed E-state index contributed by atoms with van der Waals surface area (Å²) in [7, 11) is 2.53. The Morgan fingerprint density at radius 2 is 2.09 bits per heavy atom. The summed E-state index contributed by atoms with van der Waals surface area (Å²) in [6, 6.07) is -0.346. The molecule has 0 aliphatic carbocycles. The molecule has 11 heavy (non-hydrogen) atoms. The van der Waals surface area contributed by atoms with Gasteiger partial charge >= 0.3 is 11.9 Å². The van der Waals surface area contributed by atoms with Crippen LogP contribution in [0.2, 0.25) is 0 Å². The van der Waals surface area contributed by atoms with Crippen LogP contribution in [-0.4, -0.2) is 19.0 Å². The van der Waals surface area contributed by atoms with Crippen LogP contribution >= 0.6 is 0 Å². The van der Waals surface area contributed by atoms with Crippen LogP contribution in [0.15, 0.2) is 6.20 Å². The number of ether oxygens (including phenoxy) is 2. The van der Waals surface area contributed by atoms with Crippen LogP contribution in [0.1, 0.15) is 0 Å². The maximum atomic E-state index is 10.9. The third-order valence-electron chi connectivity index (χ3n) is 1.18. The summed E-state index contributed by atoms with van der Waals surface area (Å²) in [4.78, 5) is 0. The lowest BCUT2D eigenvalue weighted by Crippen LogP contribution is -2.25. The van der Waals surface area contributed by atoms with E-state index in [1.807, 2.05) is 0 Å². The van der Waals surface area contributed by atoms with Crippen molar-refractivity contribution in [2.45, 2.75) is 0 Å². The summed E-state index contributed by atoms with van der Waals surface area (Å²) in [6.07, 6.45) is 0.992. The van der Waals surface area contributed by atoms with Gasteiger partial charge in [-0.25, -0.2) is 0 Å². The quantitative estimate of drug-likeness (QED) is 0.430. The van der Waals surface area contributed by atoms with E-state index in [4.69, 9.17) is 0 Å². The smallest absolute Gasteiger partial charge is 0.465 e. The lowest BCUT2D eigenvalue weighted by molar-refractivity contribution is -0.611. The van der Waals surface area contributed by atoms with E-state index >= 15 is 0 Å². The van der Waals surface area contributed by atoms with Gasteiger partial charge in [0.05, 0.1) is 14.2 Å². The lowest BCUT2D eigenvalue weighted by atomic mass is 10.8. The Balaban J connectivity index is 3.14. The van der Waals surface area contributed by atoms with E-state index in [9.17, 15) is 10.4 Å². The summed E-state index contributed by atoms with van der Waals surface area (Å²) in [5, 5.41) is 21.6. The highest BCUT2D eigenvalue weighted by molar-refractivity contribution is 5.10. The summed E-state index contributed by atoms with van der Waals surface area (Å²) in [6.45, 7) is 0. The first-order valence-electron chi connectivity index (χ1n) is 2.81. The van der Waals surface area contributed by atoms with E-state index in [1.54, 1.807) is 0 Å². The molecular weight excluding hydrogens is 152 g/mol. The Morgan fingerprint density at radius 3 is 2.36 bits per heavy atom. The number of imidazole rings is 1. The van der Waals surface area contributed by atoms with Gasteiger partial charge in [-0.1, -0.05) is 0 Å². The standard InChI is InChI=1S/C5H7N2O4/c1-10-4-3-6(8)5(11-2)7(4)9/h3H,1-2H3/q-1. The third kappa shape index (κ3) is 1.02. The SMILES string of the molecule is COc1c[n+]([O-])c(OC)n1[O-]. The maximum absolute atomic E-state index is 10.9. The predicted molar refractivity (Wildman–Crippen MR) is 35.3 cm³/mol. The van der Waals surface area contributed by atoms with Crippen molar-refractivity contribution in [1.29, 1.82) is 0 Å². The van der Waals surface area contributed by atoms with Crippen molar-refractivity contribution in [2.24, 2.45) is 0 Å². The molecular formula is C5H7N2O4-. The van der Waals surface area contributed by atoms with Crippen LogP contribution in [-0.2, 0) is 0 Å². The topological polar surface area (TPSA) is 73.4 Å². The fourth-order valence-electron chi connectivity index (χ4n) is 0.700. The third-order valence-corrected chi connectivity index (χ3v) is 1.18. The molecule has 0 atom stereocenters. The van der Waals surface area contributed by atoms with E-state index in [2.05, 4.69) is 9.47 Å². The molecule has 0 N–H and O–H groups in total. The van der Waals surface area contributed by atoms with Crippen LogP contribution < -0.4 is 14.2 Å². The molecule has 0 fully saturated rings. The minimum atomic E-state index is -0.346. The molecule has 0 bridgehead atoms. The zero-order valence-electron chi connectivity index (χ0n) is 6.10. The first kappa shape index (κ1) is 7.52. The second-order valence-electron chi connectivity index (χ2n) is 1.78. The van der Waals surface area contributed by atoms with Gasteiger partial charge in [-0.2, -0.15) is 9.46 Å². The van der Waals surface area contributed by atoms with E-state index in [0.717, 1.165) is 6.20 Å². The molecule has 62 valence electrons. The van der Waals surface area contributed by atoms with Crippen molar-refractivity contribution < 1.29 is 14.2 Å². The average Bonchev–Trinajstić information content (AvgIpc) is 2.26.